The van der Waals surface area contributed by atoms with Gasteiger partial charge in [-0.1, -0.05) is 11.6 Å². The highest BCUT2D eigenvalue weighted by molar-refractivity contribution is 6.32. The van der Waals surface area contributed by atoms with Crippen molar-refractivity contribution in [3.63, 3.8) is 0 Å². The third kappa shape index (κ3) is 3.96. The van der Waals surface area contributed by atoms with E-state index in [2.05, 4.69) is 10.6 Å². The summed E-state index contributed by atoms with van der Waals surface area (Å²) in [5, 5.41) is 25.3. The van der Waals surface area contributed by atoms with E-state index in [1.54, 1.807) is 12.1 Å². The van der Waals surface area contributed by atoms with E-state index in [0.717, 1.165) is 6.07 Å². The van der Waals surface area contributed by atoms with Gasteiger partial charge in [0.25, 0.3) is 5.69 Å². The summed E-state index contributed by atoms with van der Waals surface area (Å²) >= 11 is 5.67. The molecule has 0 fully saturated rings. The van der Waals surface area contributed by atoms with E-state index in [1.165, 1.54) is 18.4 Å². The van der Waals surface area contributed by atoms with Gasteiger partial charge in [-0.15, -0.1) is 0 Å². The Hall–Kier alpha value is -2.58. The van der Waals surface area contributed by atoms with E-state index in [1.807, 2.05) is 0 Å². The van der Waals surface area contributed by atoms with Gasteiger partial charge in [0.2, 0.25) is 0 Å². The quantitative estimate of drug-likeness (QED) is 0.577. The number of hydrogen-bond donors (Lipinski definition) is 3. The molecule has 9 heteroatoms. The minimum Gasteiger partial charge on any atom is -0.467 e. The zero-order valence-corrected chi connectivity index (χ0v) is 11.9. The number of rotatable bonds is 5. The van der Waals surface area contributed by atoms with Crippen LogP contribution in [0.5, 0.6) is 0 Å². The predicted molar refractivity (Wildman–Crippen MR) is 78.8 cm³/mol. The Kier molecular flexibility index (Phi) is 4.97. The largest absolute Gasteiger partial charge is 0.467 e. The molecular weight excluding hydrogens is 314 g/mol. The number of carbonyl (C=O) groups excluding carboxylic acids is 1. The highest BCUT2D eigenvalue weighted by atomic mass is 35.5. The summed E-state index contributed by atoms with van der Waals surface area (Å²) in [7, 11) is 0. The first-order valence-corrected chi connectivity index (χ1v) is 6.55. The van der Waals surface area contributed by atoms with Crippen LogP contribution in [-0.4, -0.2) is 22.6 Å². The molecule has 22 heavy (non-hydrogen) atoms. The first kappa shape index (κ1) is 15.8. The standard InChI is InChI=1S/C13H12ClN3O5/c14-9-4-3-8(6-10(9)17(20)21)16-13(19)15-7-11(18)12-2-1-5-22-12/h1-6,11,18H,7H2,(H2,15,16,19). The second-order valence-corrected chi connectivity index (χ2v) is 4.70. The van der Waals surface area contributed by atoms with Crippen LogP contribution in [0.15, 0.2) is 41.0 Å². The van der Waals surface area contributed by atoms with E-state index >= 15 is 0 Å². The summed E-state index contributed by atoms with van der Waals surface area (Å²) < 4.78 is 4.99. The van der Waals surface area contributed by atoms with Gasteiger partial charge in [0, 0.05) is 11.8 Å². The molecule has 2 amide bonds. The van der Waals surface area contributed by atoms with Crippen molar-refractivity contribution >= 4 is 29.0 Å². The lowest BCUT2D eigenvalue weighted by molar-refractivity contribution is -0.384. The van der Waals surface area contributed by atoms with Gasteiger partial charge < -0.3 is 20.2 Å². The van der Waals surface area contributed by atoms with Gasteiger partial charge in [-0.25, -0.2) is 4.79 Å². The summed E-state index contributed by atoms with van der Waals surface area (Å²) in [5.74, 6) is 0.322. The highest BCUT2D eigenvalue weighted by Gasteiger charge is 2.15. The van der Waals surface area contributed by atoms with Crippen molar-refractivity contribution in [2.45, 2.75) is 6.10 Å². The fourth-order valence-corrected chi connectivity index (χ4v) is 1.86. The number of nitro groups is 1. The SMILES string of the molecule is O=C(NCC(O)c1ccco1)Nc1ccc(Cl)c([N+](=O)[O-])c1. The topological polar surface area (TPSA) is 118 Å². The second kappa shape index (κ2) is 6.92. The lowest BCUT2D eigenvalue weighted by Gasteiger charge is -2.10. The zero-order chi connectivity index (χ0) is 16.1. The number of benzene rings is 1. The number of anilines is 1. The summed E-state index contributed by atoms with van der Waals surface area (Å²) in [6.07, 6.45) is 0.422. The normalized spacial score (nSPS) is 11.7. The van der Waals surface area contributed by atoms with Crippen molar-refractivity contribution in [1.29, 1.82) is 0 Å². The van der Waals surface area contributed by atoms with Crippen LogP contribution in [0.3, 0.4) is 0 Å². The summed E-state index contributed by atoms with van der Waals surface area (Å²) in [6, 6.07) is 6.45. The number of halogens is 1. The lowest BCUT2D eigenvalue weighted by Crippen LogP contribution is -2.32. The van der Waals surface area contributed by atoms with Gasteiger partial charge in [0.15, 0.2) is 0 Å². The summed E-state index contributed by atoms with van der Waals surface area (Å²) in [4.78, 5) is 21.8. The van der Waals surface area contributed by atoms with Crippen molar-refractivity contribution < 1.29 is 19.2 Å². The van der Waals surface area contributed by atoms with Crippen LogP contribution in [0.4, 0.5) is 16.2 Å². The van der Waals surface area contributed by atoms with Crippen LogP contribution >= 0.6 is 11.6 Å². The molecule has 3 N–H and O–H groups in total. The van der Waals surface area contributed by atoms with E-state index in [4.69, 9.17) is 16.0 Å². The number of nitro benzene ring substituents is 1. The smallest absolute Gasteiger partial charge is 0.319 e. The molecule has 0 aliphatic carbocycles. The Balaban J connectivity index is 1.92. The predicted octanol–water partition coefficient (Wildman–Crippen LogP) is 2.70. The molecule has 0 aliphatic rings. The molecule has 1 unspecified atom stereocenters. The molecule has 0 bridgehead atoms. The third-order valence-corrected chi connectivity index (χ3v) is 3.05. The molecule has 0 saturated carbocycles. The van der Waals surface area contributed by atoms with Gasteiger partial charge in [-0.3, -0.25) is 10.1 Å². The van der Waals surface area contributed by atoms with Crippen LogP contribution in [0.1, 0.15) is 11.9 Å². The van der Waals surface area contributed by atoms with Crippen molar-refractivity contribution in [3.05, 3.63) is 57.5 Å². The molecule has 2 aromatic rings. The molecule has 0 saturated heterocycles. The number of furan rings is 1. The molecule has 116 valence electrons. The maximum absolute atomic E-state index is 11.7. The molecule has 0 aliphatic heterocycles. The van der Waals surface area contributed by atoms with Gasteiger partial charge >= 0.3 is 6.03 Å². The monoisotopic (exact) mass is 325 g/mol. The number of amides is 2. The van der Waals surface area contributed by atoms with Crippen LogP contribution in [0.25, 0.3) is 0 Å². The molecule has 1 aromatic heterocycles. The van der Waals surface area contributed by atoms with Crippen LogP contribution in [0.2, 0.25) is 5.02 Å². The van der Waals surface area contributed by atoms with Crippen LogP contribution < -0.4 is 10.6 Å². The molecule has 0 radical (unpaired) electrons. The number of urea groups is 1. The van der Waals surface area contributed by atoms with E-state index in [0.29, 0.717) is 5.76 Å². The molecule has 1 aromatic carbocycles. The Morgan fingerprint density at radius 1 is 1.45 bits per heavy atom. The van der Waals surface area contributed by atoms with E-state index in [9.17, 15) is 20.0 Å². The fraction of sp³-hybridized carbons (Fsp3) is 0.154. The minimum absolute atomic E-state index is 0.0239. The number of hydrogen-bond acceptors (Lipinski definition) is 5. The van der Waals surface area contributed by atoms with Crippen LogP contribution in [0, 0.1) is 10.1 Å². The number of aliphatic hydroxyl groups is 1. The molecular formula is C13H12ClN3O5. The Morgan fingerprint density at radius 2 is 2.23 bits per heavy atom. The minimum atomic E-state index is -0.986. The Morgan fingerprint density at radius 3 is 2.86 bits per heavy atom. The Bertz CT molecular complexity index is 674. The van der Waals surface area contributed by atoms with Crippen molar-refractivity contribution in [2.24, 2.45) is 0 Å². The number of nitrogens with zero attached hydrogens (tertiary/aromatic N) is 1. The molecule has 0 spiro atoms. The Labute approximate surface area is 129 Å². The molecule has 1 heterocycles. The van der Waals surface area contributed by atoms with E-state index in [-0.39, 0.29) is 22.9 Å². The van der Waals surface area contributed by atoms with Gasteiger partial charge in [0.1, 0.15) is 16.9 Å². The van der Waals surface area contributed by atoms with E-state index < -0.39 is 17.1 Å². The van der Waals surface area contributed by atoms with Crippen molar-refractivity contribution in [2.75, 3.05) is 11.9 Å². The zero-order valence-electron chi connectivity index (χ0n) is 11.2. The molecule has 1 atom stereocenters. The first-order valence-electron chi connectivity index (χ1n) is 6.17. The van der Waals surface area contributed by atoms with Crippen molar-refractivity contribution in [1.82, 2.24) is 5.32 Å². The van der Waals surface area contributed by atoms with Crippen LogP contribution in [-0.2, 0) is 0 Å². The van der Waals surface area contributed by atoms with Gasteiger partial charge in [0.05, 0.1) is 17.7 Å². The number of nitrogens with one attached hydrogen (secondary N) is 2. The maximum Gasteiger partial charge on any atom is 0.319 e. The molecule has 2 rings (SSSR count). The third-order valence-electron chi connectivity index (χ3n) is 2.73. The fourth-order valence-electron chi connectivity index (χ4n) is 1.68. The average Bonchev–Trinajstić information content (AvgIpc) is 3.01. The first-order chi connectivity index (χ1) is 10.5. The lowest BCUT2D eigenvalue weighted by atomic mass is 10.2. The average molecular weight is 326 g/mol. The maximum atomic E-state index is 11.7. The summed E-state index contributed by atoms with van der Waals surface area (Å²) in [5.41, 5.74) is -0.101. The molecule has 8 nitrogen and oxygen atoms in total. The van der Waals surface area contributed by atoms with Crippen molar-refractivity contribution in [3.8, 4) is 0 Å². The van der Waals surface area contributed by atoms with Gasteiger partial charge in [-0.05, 0) is 24.3 Å². The summed E-state index contributed by atoms with van der Waals surface area (Å²) in [6.45, 7) is -0.0744. The number of aliphatic hydroxyl groups excluding tert-OH is 1. The van der Waals surface area contributed by atoms with Gasteiger partial charge in [-0.2, -0.15) is 0 Å². The second-order valence-electron chi connectivity index (χ2n) is 4.29. The highest BCUT2D eigenvalue weighted by Crippen LogP contribution is 2.27. The number of carbonyl (C=O) groups is 1.